The summed E-state index contributed by atoms with van der Waals surface area (Å²) in [6.45, 7) is 5.22. The second-order valence-electron chi connectivity index (χ2n) is 17.6. The van der Waals surface area contributed by atoms with E-state index in [1.807, 2.05) is 13.8 Å². The molecule has 8 heterocycles. The molecular formula is C47H48F6N8O10. The Balaban J connectivity index is 0.000000176. The third kappa shape index (κ3) is 8.28. The number of fused-ring (bicyclic) bond motifs is 4. The van der Waals surface area contributed by atoms with Crippen molar-refractivity contribution in [3.8, 4) is 11.5 Å². The summed E-state index contributed by atoms with van der Waals surface area (Å²) in [5.41, 5.74) is -3.36. The second-order valence-corrected chi connectivity index (χ2v) is 17.6. The van der Waals surface area contributed by atoms with E-state index >= 15 is 0 Å². The number of carbonyl (C=O) groups is 4. The number of methoxy groups -OCH3 is 1. The number of hydrogen-bond donors (Lipinski definition) is 5. The van der Waals surface area contributed by atoms with Gasteiger partial charge < -0.3 is 59.5 Å². The zero-order valence-corrected chi connectivity index (χ0v) is 38.4. The van der Waals surface area contributed by atoms with Crippen LogP contribution >= 0.6 is 0 Å². The van der Waals surface area contributed by atoms with E-state index in [2.05, 4.69) is 21.3 Å². The number of nitrogens with zero attached hydrogens (tertiary/aromatic N) is 4. The van der Waals surface area contributed by atoms with Crippen molar-refractivity contribution in [2.45, 2.75) is 89.2 Å². The van der Waals surface area contributed by atoms with Crippen LogP contribution in [-0.2, 0) is 22.6 Å². The van der Waals surface area contributed by atoms with E-state index in [0.29, 0.717) is 95.0 Å². The fourth-order valence-electron chi connectivity index (χ4n) is 10.7. The largest absolute Gasteiger partial charge is 0.503 e. The van der Waals surface area contributed by atoms with Crippen LogP contribution in [0.3, 0.4) is 0 Å². The molecule has 0 aliphatic carbocycles. The number of amides is 4. The van der Waals surface area contributed by atoms with Gasteiger partial charge in [-0.05, 0) is 38.8 Å². The molecule has 378 valence electrons. The minimum absolute atomic E-state index is 0.0526. The highest BCUT2D eigenvalue weighted by molar-refractivity contribution is 6.02. The third-order valence-corrected chi connectivity index (χ3v) is 13.6. The van der Waals surface area contributed by atoms with Crippen molar-refractivity contribution < 1.29 is 64.8 Å². The zero-order chi connectivity index (χ0) is 50.7. The predicted molar refractivity (Wildman–Crippen MR) is 236 cm³/mol. The number of carbonyl (C=O) groups excluding carboxylic acids is 4. The smallest absolute Gasteiger partial charge is 0.276 e. The molecule has 0 bridgehead atoms. The Morgan fingerprint density at radius 3 is 1.49 bits per heavy atom. The van der Waals surface area contributed by atoms with E-state index in [1.54, 1.807) is 9.47 Å². The molecule has 2 aromatic heterocycles. The maximum absolute atomic E-state index is 14.1. The molecule has 6 atom stereocenters. The maximum atomic E-state index is 14.1. The average molecular weight is 999 g/mol. The molecule has 0 spiro atoms. The first-order valence-electron chi connectivity index (χ1n) is 23.0. The predicted octanol–water partition coefficient (Wildman–Crippen LogP) is 3.70. The first kappa shape index (κ1) is 49.2. The number of ether oxygens (including phenoxy) is 3. The normalized spacial score (nSPS) is 22.5. The van der Waals surface area contributed by atoms with Gasteiger partial charge in [-0.25, -0.2) is 26.3 Å². The Kier molecular flexibility index (Phi) is 13.5. The number of pyridine rings is 2. The Morgan fingerprint density at radius 2 is 1.07 bits per heavy atom. The summed E-state index contributed by atoms with van der Waals surface area (Å²) >= 11 is 0. The standard InChI is InChI=1S/C24H25F3N4O5.C23H23F3N4O5/c1-3-28-15-9-16-24-30(5-4-6-36-24)23(34)19-21(35-2)20(32)17(18(15)31(16)19)22(33)29-10-12-13(26)7-11(25)8-14(12)27;1-2-27-14-8-15-23-29(4-3-5-35-23)22(34)18-20(32)19(31)16(17(14)30(15)18)21(33)28-9-11-12(25)6-10(24)7-13(11)26/h7-8,15-16,24,28H,3-6,9-10H2,1-2H3,(H,29,33);6-7,14-15,23,27,32H,2-5,8-9H2,1H3,(H,28,33). The number of aromatic hydroxyl groups is 1. The molecule has 6 unspecified atom stereocenters. The van der Waals surface area contributed by atoms with Crippen molar-refractivity contribution >= 4 is 23.6 Å². The van der Waals surface area contributed by atoms with E-state index < -0.39 is 136 Å². The van der Waals surface area contributed by atoms with Crippen molar-refractivity contribution in [2.75, 3.05) is 46.5 Å². The van der Waals surface area contributed by atoms with Crippen molar-refractivity contribution in [2.24, 2.45) is 0 Å². The van der Waals surface area contributed by atoms with Crippen LogP contribution in [0, 0.1) is 34.9 Å². The highest BCUT2D eigenvalue weighted by atomic mass is 19.2. The lowest BCUT2D eigenvalue weighted by molar-refractivity contribution is -0.110. The van der Waals surface area contributed by atoms with E-state index in [9.17, 15) is 60.2 Å². The molecule has 24 heteroatoms. The summed E-state index contributed by atoms with van der Waals surface area (Å²) < 4.78 is 103. The van der Waals surface area contributed by atoms with Gasteiger partial charge in [-0.15, -0.1) is 0 Å². The van der Waals surface area contributed by atoms with Crippen molar-refractivity contribution in [3.05, 3.63) is 125 Å². The highest BCUT2D eigenvalue weighted by Crippen LogP contribution is 2.48. The molecule has 2 saturated heterocycles. The molecule has 6 aliphatic rings. The van der Waals surface area contributed by atoms with Gasteiger partial charge in [0.25, 0.3) is 23.6 Å². The van der Waals surface area contributed by atoms with E-state index in [4.69, 9.17) is 14.2 Å². The Morgan fingerprint density at radius 1 is 0.662 bits per heavy atom. The van der Waals surface area contributed by atoms with Gasteiger partial charge in [0.05, 0.1) is 55.9 Å². The van der Waals surface area contributed by atoms with Gasteiger partial charge in [0.2, 0.25) is 10.9 Å². The van der Waals surface area contributed by atoms with Crippen LogP contribution < -0.4 is 36.9 Å². The van der Waals surface area contributed by atoms with Crippen LogP contribution in [0.1, 0.15) is 128 Å². The molecule has 18 nitrogen and oxygen atoms in total. The van der Waals surface area contributed by atoms with Gasteiger partial charge in [-0.3, -0.25) is 28.8 Å². The number of rotatable bonds is 11. The molecule has 2 aromatic carbocycles. The Hall–Kier alpha value is -6.76. The molecule has 5 N–H and O–H groups in total. The van der Waals surface area contributed by atoms with Gasteiger partial charge in [-0.1, -0.05) is 13.8 Å². The molecule has 0 saturated carbocycles. The summed E-state index contributed by atoms with van der Waals surface area (Å²) in [5, 5.41) is 21.9. The SMILES string of the molecule is CCNC1CC2C3OCCCN3C(=O)c3c(O)c(=O)c(C(=O)NCc4c(F)cc(F)cc4F)c1n32.CCNC1CC2C3OCCCN3C(=O)c3c(OC)c(=O)c(C(=O)NCc4c(F)cc(F)cc4F)c1n32. The van der Waals surface area contributed by atoms with Gasteiger partial charge in [0, 0.05) is 61.6 Å². The maximum Gasteiger partial charge on any atom is 0.276 e. The molecular weight excluding hydrogens is 951 g/mol. The number of halogens is 6. The topological polar surface area (TPSA) is 215 Å². The molecule has 4 aromatic rings. The van der Waals surface area contributed by atoms with E-state index in [0.717, 1.165) is 0 Å². The molecule has 0 radical (unpaired) electrons. The van der Waals surface area contributed by atoms with Crippen molar-refractivity contribution in [1.29, 1.82) is 0 Å². The summed E-state index contributed by atoms with van der Waals surface area (Å²) in [6.07, 6.45) is 0.920. The van der Waals surface area contributed by atoms with Crippen molar-refractivity contribution in [1.82, 2.24) is 40.2 Å². The molecule has 4 amide bonds. The van der Waals surface area contributed by atoms with Crippen LogP contribution in [0.4, 0.5) is 26.3 Å². The number of hydrogen-bond acceptors (Lipinski definition) is 12. The third-order valence-electron chi connectivity index (χ3n) is 13.6. The lowest BCUT2D eigenvalue weighted by Gasteiger charge is -2.44. The van der Waals surface area contributed by atoms with Crippen LogP contribution in [0.2, 0.25) is 0 Å². The van der Waals surface area contributed by atoms with Crippen LogP contribution in [-0.4, -0.2) is 107 Å². The van der Waals surface area contributed by atoms with Crippen LogP contribution in [0.15, 0.2) is 33.9 Å². The fourth-order valence-corrected chi connectivity index (χ4v) is 10.7. The lowest BCUT2D eigenvalue weighted by Crippen LogP contribution is -2.55. The second kappa shape index (κ2) is 19.4. The Bertz CT molecular complexity index is 2960. The monoisotopic (exact) mass is 998 g/mol. The molecule has 10 rings (SSSR count). The highest BCUT2D eigenvalue weighted by Gasteiger charge is 2.53. The van der Waals surface area contributed by atoms with E-state index in [-0.39, 0.29) is 34.4 Å². The molecule has 71 heavy (non-hydrogen) atoms. The van der Waals surface area contributed by atoms with E-state index in [1.165, 1.54) is 16.6 Å². The number of benzene rings is 2. The summed E-state index contributed by atoms with van der Waals surface area (Å²) in [5.74, 6) is -10.9. The zero-order valence-electron chi connectivity index (χ0n) is 38.4. The number of aromatic nitrogens is 2. The van der Waals surface area contributed by atoms with Crippen LogP contribution in [0.25, 0.3) is 0 Å². The van der Waals surface area contributed by atoms with Gasteiger partial charge in [0.1, 0.15) is 46.0 Å². The first-order chi connectivity index (χ1) is 34.0. The molecule has 6 aliphatic heterocycles. The average Bonchev–Trinajstić information content (AvgIpc) is 3.89. The Labute approximate surface area is 399 Å². The minimum atomic E-state index is -1.19. The summed E-state index contributed by atoms with van der Waals surface area (Å²) in [7, 11) is 1.24. The fraction of sp³-hybridized carbons (Fsp3) is 0.447. The van der Waals surface area contributed by atoms with Crippen LogP contribution in [0.5, 0.6) is 11.5 Å². The summed E-state index contributed by atoms with van der Waals surface area (Å²) in [6, 6.07) is 0.180. The minimum Gasteiger partial charge on any atom is -0.503 e. The lowest BCUT2D eigenvalue weighted by atomic mass is 10.0. The van der Waals surface area contributed by atoms with Crippen molar-refractivity contribution in [3.63, 3.8) is 0 Å². The van der Waals surface area contributed by atoms with Gasteiger partial charge >= 0.3 is 0 Å². The molecule has 2 fully saturated rings. The van der Waals surface area contributed by atoms with Gasteiger partial charge in [0.15, 0.2) is 35.3 Å². The van der Waals surface area contributed by atoms with Gasteiger partial charge in [-0.2, -0.15) is 0 Å². The number of nitrogens with one attached hydrogen (secondary N) is 4. The summed E-state index contributed by atoms with van der Waals surface area (Å²) in [4.78, 5) is 82.9. The first-order valence-corrected chi connectivity index (χ1v) is 23.0. The quantitative estimate of drug-likeness (QED) is 0.136.